The van der Waals surface area contributed by atoms with Crippen molar-refractivity contribution in [3.63, 3.8) is 0 Å². The van der Waals surface area contributed by atoms with Crippen LogP contribution in [0.25, 0.3) is 10.2 Å². The van der Waals surface area contributed by atoms with Crippen molar-refractivity contribution >= 4 is 33.6 Å². The number of thiophene rings is 1. The second-order valence-electron chi connectivity index (χ2n) is 8.30. The zero-order valence-corrected chi connectivity index (χ0v) is 18.0. The van der Waals surface area contributed by atoms with E-state index in [4.69, 9.17) is 9.47 Å². The first-order chi connectivity index (χ1) is 13.7. The lowest BCUT2D eigenvalue weighted by Gasteiger charge is -2.46. The smallest absolute Gasteiger partial charge is 0.418 e. The monoisotopic (exact) mass is 445 g/mol. The van der Waals surface area contributed by atoms with Gasteiger partial charge in [-0.1, -0.05) is 0 Å². The molecule has 164 valence electrons. The zero-order valence-electron chi connectivity index (χ0n) is 17.1. The highest BCUT2D eigenvalue weighted by atomic mass is 32.1. The molecule has 2 amide bonds. The van der Waals surface area contributed by atoms with Crippen LogP contribution in [0.1, 0.15) is 43.6 Å². The van der Waals surface area contributed by atoms with Crippen LogP contribution in [0, 0.1) is 0 Å². The summed E-state index contributed by atoms with van der Waals surface area (Å²) in [7, 11) is 1.39. The van der Waals surface area contributed by atoms with Gasteiger partial charge in [0, 0.05) is 18.5 Å². The van der Waals surface area contributed by atoms with Crippen LogP contribution >= 0.6 is 11.3 Å². The number of carbonyl (C=O) groups excluding carboxylic acids is 2. The quantitative estimate of drug-likeness (QED) is 0.771. The molecule has 1 fully saturated rings. The Morgan fingerprint density at radius 2 is 1.90 bits per heavy atom. The number of carbonyl (C=O) groups is 2. The molecule has 7 nitrogen and oxygen atoms in total. The van der Waals surface area contributed by atoms with Crippen molar-refractivity contribution in [2.45, 2.75) is 45.1 Å². The molecule has 1 saturated heterocycles. The minimum atomic E-state index is -4.65. The summed E-state index contributed by atoms with van der Waals surface area (Å²) in [6, 6.07) is 0.827. The molecule has 0 atom stereocenters. The van der Waals surface area contributed by atoms with Crippen LogP contribution in [0.5, 0.6) is 5.88 Å². The van der Waals surface area contributed by atoms with Gasteiger partial charge >= 0.3 is 12.3 Å². The van der Waals surface area contributed by atoms with E-state index in [2.05, 4.69) is 10.3 Å². The number of likely N-dealkylation sites (tertiary alicyclic amines) is 1. The van der Waals surface area contributed by atoms with Gasteiger partial charge in [-0.2, -0.15) is 13.2 Å². The van der Waals surface area contributed by atoms with Crippen molar-refractivity contribution in [2.24, 2.45) is 0 Å². The third-order valence-electron chi connectivity index (χ3n) is 4.33. The van der Waals surface area contributed by atoms with Gasteiger partial charge in [-0.05, 0) is 27.7 Å². The van der Waals surface area contributed by atoms with E-state index in [1.54, 1.807) is 27.7 Å². The van der Waals surface area contributed by atoms with E-state index in [9.17, 15) is 22.8 Å². The summed E-state index contributed by atoms with van der Waals surface area (Å²) in [6.07, 6.45) is -5.17. The van der Waals surface area contributed by atoms with Gasteiger partial charge in [-0.25, -0.2) is 9.78 Å². The number of rotatable bonds is 3. The van der Waals surface area contributed by atoms with Gasteiger partial charge in [0.1, 0.15) is 11.2 Å². The van der Waals surface area contributed by atoms with Crippen molar-refractivity contribution in [1.82, 2.24) is 15.2 Å². The van der Waals surface area contributed by atoms with E-state index >= 15 is 0 Å². The summed E-state index contributed by atoms with van der Waals surface area (Å²) >= 11 is 0.799. The Morgan fingerprint density at radius 1 is 1.27 bits per heavy atom. The second-order valence-corrected chi connectivity index (χ2v) is 9.18. The molecule has 11 heteroatoms. The standard InChI is InChI=1S/C19H22F3N3O4S/c1-17(2,3)29-16(27)25-8-18(4,9-25)28-12-6-11(19(20,21)22)14-13(24-12)10(7-30-14)15(26)23-5/h6-7H,8-9H2,1-5H3,(H,23,26). The predicted molar refractivity (Wildman–Crippen MR) is 105 cm³/mol. The van der Waals surface area contributed by atoms with Gasteiger partial charge in [0.05, 0.1) is 34.4 Å². The Balaban J connectivity index is 1.88. The van der Waals surface area contributed by atoms with Crippen LogP contribution in [0.2, 0.25) is 0 Å². The maximum absolute atomic E-state index is 13.6. The summed E-state index contributed by atoms with van der Waals surface area (Å²) in [4.78, 5) is 29.7. The average Bonchev–Trinajstić information content (AvgIpc) is 2.99. The molecule has 1 N–H and O–H groups in total. The minimum Gasteiger partial charge on any atom is -0.468 e. The summed E-state index contributed by atoms with van der Waals surface area (Å²) in [5.74, 6) is -0.797. The molecule has 30 heavy (non-hydrogen) atoms. The molecule has 0 radical (unpaired) electrons. The Bertz CT molecular complexity index is 991. The highest BCUT2D eigenvalue weighted by Gasteiger charge is 2.46. The predicted octanol–water partition coefficient (Wildman–Crippen LogP) is 4.06. The maximum atomic E-state index is 13.6. The van der Waals surface area contributed by atoms with Crippen LogP contribution in [0.15, 0.2) is 11.4 Å². The lowest BCUT2D eigenvalue weighted by atomic mass is 9.97. The highest BCUT2D eigenvalue weighted by Crippen LogP contribution is 2.41. The number of fused-ring (bicyclic) bond motifs is 1. The molecule has 2 aromatic rings. The molecular formula is C19H22F3N3O4S. The van der Waals surface area contributed by atoms with Crippen LogP contribution in [-0.4, -0.2) is 53.2 Å². The molecule has 1 aliphatic rings. The second kappa shape index (κ2) is 7.29. The van der Waals surface area contributed by atoms with E-state index in [1.807, 2.05) is 0 Å². The molecule has 0 bridgehead atoms. The Hall–Kier alpha value is -2.56. The maximum Gasteiger partial charge on any atom is 0.418 e. The zero-order chi connectivity index (χ0) is 22.5. The minimum absolute atomic E-state index is 0.0441. The molecule has 0 saturated carbocycles. The number of halogens is 3. The fourth-order valence-corrected chi connectivity index (χ4v) is 4.10. The van der Waals surface area contributed by atoms with Crippen molar-refractivity contribution in [2.75, 3.05) is 20.1 Å². The largest absolute Gasteiger partial charge is 0.468 e. The molecule has 0 unspecified atom stereocenters. The average molecular weight is 445 g/mol. The molecule has 3 rings (SSSR count). The summed E-state index contributed by atoms with van der Waals surface area (Å²) in [5.41, 5.74) is -2.54. The first-order valence-corrected chi connectivity index (χ1v) is 9.99. The van der Waals surface area contributed by atoms with Crippen molar-refractivity contribution in [3.05, 3.63) is 22.6 Å². The summed E-state index contributed by atoms with van der Waals surface area (Å²) < 4.78 is 51.7. The first kappa shape index (κ1) is 22.1. The summed E-state index contributed by atoms with van der Waals surface area (Å²) in [5, 5.41) is 3.73. The van der Waals surface area contributed by atoms with E-state index in [0.29, 0.717) is 0 Å². The molecule has 1 aliphatic heterocycles. The first-order valence-electron chi connectivity index (χ1n) is 9.11. The van der Waals surface area contributed by atoms with Gasteiger partial charge < -0.3 is 19.7 Å². The number of pyridine rings is 1. The number of aromatic nitrogens is 1. The lowest BCUT2D eigenvalue weighted by Crippen LogP contribution is -2.65. The van der Waals surface area contributed by atoms with E-state index in [1.165, 1.54) is 17.3 Å². The number of hydrogen-bond acceptors (Lipinski definition) is 6. The van der Waals surface area contributed by atoms with Crippen LogP contribution < -0.4 is 10.1 Å². The molecule has 2 aromatic heterocycles. The number of ether oxygens (including phenoxy) is 2. The number of hydrogen-bond donors (Lipinski definition) is 1. The Morgan fingerprint density at radius 3 is 2.43 bits per heavy atom. The third kappa shape index (κ3) is 4.45. The van der Waals surface area contributed by atoms with Gasteiger partial charge in [0.2, 0.25) is 5.88 Å². The molecule has 3 heterocycles. The number of amides is 2. The van der Waals surface area contributed by atoms with Gasteiger partial charge in [0.15, 0.2) is 0 Å². The van der Waals surface area contributed by atoms with E-state index in [0.717, 1.165) is 17.4 Å². The molecule has 0 spiro atoms. The number of nitrogens with one attached hydrogen (secondary N) is 1. The topological polar surface area (TPSA) is 80.8 Å². The van der Waals surface area contributed by atoms with Gasteiger partial charge in [0.25, 0.3) is 5.91 Å². The summed E-state index contributed by atoms with van der Waals surface area (Å²) in [6.45, 7) is 7.15. The van der Waals surface area contributed by atoms with Crippen molar-refractivity contribution in [1.29, 1.82) is 0 Å². The van der Waals surface area contributed by atoms with Crippen LogP contribution in [0.3, 0.4) is 0 Å². The fourth-order valence-electron chi connectivity index (χ4n) is 3.08. The molecule has 0 aromatic carbocycles. The van der Waals surface area contributed by atoms with Gasteiger partial charge in [-0.15, -0.1) is 11.3 Å². The van der Waals surface area contributed by atoms with Gasteiger partial charge in [-0.3, -0.25) is 4.79 Å². The van der Waals surface area contributed by atoms with Crippen LogP contribution in [0.4, 0.5) is 18.0 Å². The molecule has 0 aliphatic carbocycles. The van der Waals surface area contributed by atoms with E-state index in [-0.39, 0.29) is 34.7 Å². The van der Waals surface area contributed by atoms with E-state index < -0.39 is 34.9 Å². The highest BCUT2D eigenvalue weighted by molar-refractivity contribution is 7.17. The fraction of sp³-hybridized carbons (Fsp3) is 0.526. The number of alkyl halides is 3. The lowest BCUT2D eigenvalue weighted by molar-refractivity contribution is -0.136. The normalized spacial score (nSPS) is 16.2. The number of nitrogens with zero attached hydrogens (tertiary/aromatic N) is 2. The SMILES string of the molecule is CNC(=O)c1csc2c(C(F)(F)F)cc(OC3(C)CN(C(=O)OC(C)(C)C)C3)nc12. The van der Waals surface area contributed by atoms with Crippen molar-refractivity contribution < 1.29 is 32.2 Å². The Kier molecular flexibility index (Phi) is 5.38. The molecular weight excluding hydrogens is 423 g/mol. The Labute approximate surface area is 175 Å². The van der Waals surface area contributed by atoms with Crippen LogP contribution in [-0.2, 0) is 10.9 Å². The van der Waals surface area contributed by atoms with Crippen molar-refractivity contribution in [3.8, 4) is 5.88 Å². The third-order valence-corrected chi connectivity index (χ3v) is 5.33.